The van der Waals surface area contributed by atoms with E-state index in [0.29, 0.717) is 18.2 Å². The Kier molecular flexibility index (Phi) is 7.57. The molecular formula is C20H25F3N4O4S. The van der Waals surface area contributed by atoms with Crippen LogP contribution in [0.5, 0.6) is 0 Å². The normalized spacial score (nSPS) is 19.8. The first kappa shape index (κ1) is 24.2. The van der Waals surface area contributed by atoms with Gasteiger partial charge in [-0.15, -0.1) is 11.3 Å². The van der Waals surface area contributed by atoms with Crippen LogP contribution in [0.4, 0.5) is 13.2 Å². The van der Waals surface area contributed by atoms with Crippen LogP contribution < -0.4 is 5.32 Å². The minimum atomic E-state index is -5.08. The van der Waals surface area contributed by atoms with Gasteiger partial charge in [0.2, 0.25) is 0 Å². The quantitative estimate of drug-likeness (QED) is 0.668. The number of hydrogen-bond acceptors (Lipinski definition) is 6. The van der Waals surface area contributed by atoms with Crippen molar-refractivity contribution >= 4 is 23.2 Å². The third-order valence-corrected chi connectivity index (χ3v) is 6.48. The molecule has 1 unspecified atom stereocenters. The number of aromatic nitrogens is 2. The van der Waals surface area contributed by atoms with E-state index in [1.807, 2.05) is 11.3 Å². The fourth-order valence-corrected chi connectivity index (χ4v) is 4.78. The van der Waals surface area contributed by atoms with Crippen LogP contribution in [0.3, 0.4) is 0 Å². The zero-order valence-electron chi connectivity index (χ0n) is 17.5. The van der Waals surface area contributed by atoms with Gasteiger partial charge in [0.15, 0.2) is 0 Å². The van der Waals surface area contributed by atoms with Crippen LogP contribution in [0.25, 0.3) is 0 Å². The summed E-state index contributed by atoms with van der Waals surface area (Å²) in [4.78, 5) is 24.9. The van der Waals surface area contributed by atoms with Gasteiger partial charge in [0.1, 0.15) is 5.69 Å². The first-order valence-corrected chi connectivity index (χ1v) is 10.9. The highest BCUT2D eigenvalue weighted by molar-refractivity contribution is 7.09. The third kappa shape index (κ3) is 5.87. The van der Waals surface area contributed by atoms with Crippen molar-refractivity contribution in [2.75, 3.05) is 26.2 Å². The fraction of sp³-hybridized carbons (Fsp3) is 0.550. The minimum Gasteiger partial charge on any atom is -0.475 e. The van der Waals surface area contributed by atoms with Crippen LogP contribution in [-0.4, -0.2) is 69.7 Å². The lowest BCUT2D eigenvalue weighted by Crippen LogP contribution is -2.64. The number of halogens is 3. The van der Waals surface area contributed by atoms with Gasteiger partial charge in [-0.05, 0) is 36.3 Å². The monoisotopic (exact) mass is 474 g/mol. The number of rotatable bonds is 6. The van der Waals surface area contributed by atoms with E-state index in [2.05, 4.69) is 32.8 Å². The standard InChI is InChI=1S/C18H24N4O2S.C2HF3O2/c1-21-16(5-8-20-21)17(23)19-7-4-14-6-9-24-18(14)12-22(13-18)11-15-3-2-10-25-15;3-2(4,5)1(6)7/h2-3,5,8,10,14H,4,6-7,9,11-13H2,1H3,(H,19,23);(H,6,7). The van der Waals surface area contributed by atoms with Gasteiger partial charge in [-0.25, -0.2) is 4.79 Å². The molecule has 4 rings (SSSR count). The van der Waals surface area contributed by atoms with Gasteiger partial charge >= 0.3 is 12.1 Å². The maximum absolute atomic E-state index is 12.2. The summed E-state index contributed by atoms with van der Waals surface area (Å²) in [6.07, 6.45) is -1.38. The van der Waals surface area contributed by atoms with Crippen molar-refractivity contribution in [1.82, 2.24) is 20.0 Å². The number of carboxylic acids is 1. The van der Waals surface area contributed by atoms with Crippen molar-refractivity contribution in [1.29, 1.82) is 0 Å². The van der Waals surface area contributed by atoms with E-state index in [-0.39, 0.29) is 11.5 Å². The van der Waals surface area contributed by atoms with Gasteiger partial charge in [0.05, 0.1) is 5.60 Å². The van der Waals surface area contributed by atoms with Gasteiger partial charge in [0.25, 0.3) is 5.91 Å². The summed E-state index contributed by atoms with van der Waals surface area (Å²) < 4.78 is 39.5. The van der Waals surface area contributed by atoms with Crippen LogP contribution in [-0.2, 0) is 23.1 Å². The molecule has 4 heterocycles. The molecule has 176 valence electrons. The number of carbonyl (C=O) groups excluding carboxylic acids is 1. The Hall–Kier alpha value is -2.44. The molecule has 2 aromatic heterocycles. The van der Waals surface area contributed by atoms with Crippen molar-refractivity contribution in [3.8, 4) is 0 Å². The van der Waals surface area contributed by atoms with Gasteiger partial charge in [-0.1, -0.05) is 6.07 Å². The predicted octanol–water partition coefficient (Wildman–Crippen LogP) is 2.53. The Labute approximate surface area is 187 Å². The number of likely N-dealkylation sites (tertiary alicyclic amines) is 1. The van der Waals surface area contributed by atoms with Crippen LogP contribution in [0.2, 0.25) is 0 Å². The molecule has 2 N–H and O–H groups in total. The minimum absolute atomic E-state index is 0.00845. The Bertz CT molecular complexity index is 910. The lowest BCUT2D eigenvalue weighted by Gasteiger charge is -2.50. The molecule has 1 spiro atoms. The van der Waals surface area contributed by atoms with E-state index < -0.39 is 12.1 Å². The summed E-state index contributed by atoms with van der Waals surface area (Å²) in [5.74, 6) is -2.28. The van der Waals surface area contributed by atoms with Gasteiger partial charge in [-0.2, -0.15) is 18.3 Å². The highest BCUT2D eigenvalue weighted by Crippen LogP contribution is 2.42. The molecule has 2 saturated heterocycles. The van der Waals surface area contributed by atoms with Crippen molar-refractivity contribution in [3.63, 3.8) is 0 Å². The maximum atomic E-state index is 12.2. The second kappa shape index (κ2) is 10.0. The third-order valence-electron chi connectivity index (χ3n) is 5.62. The number of amides is 1. The molecule has 1 amide bonds. The number of nitrogens with zero attached hydrogens (tertiary/aromatic N) is 3. The molecule has 32 heavy (non-hydrogen) atoms. The summed E-state index contributed by atoms with van der Waals surface area (Å²) in [6.45, 7) is 4.56. The number of aryl methyl sites for hydroxylation is 1. The van der Waals surface area contributed by atoms with Gasteiger partial charge in [0, 0.05) is 50.9 Å². The molecule has 0 bridgehead atoms. The van der Waals surface area contributed by atoms with Crippen molar-refractivity contribution in [2.45, 2.75) is 31.2 Å². The SMILES string of the molecule is Cn1nccc1C(=O)NCCC1CCOC12CN(Cc1cccs1)C2.O=C(O)C(F)(F)F. The number of alkyl halides is 3. The Morgan fingerprint density at radius 2 is 2.09 bits per heavy atom. The topological polar surface area (TPSA) is 96.7 Å². The van der Waals surface area contributed by atoms with E-state index in [9.17, 15) is 18.0 Å². The van der Waals surface area contributed by atoms with Crippen LogP contribution in [0, 0.1) is 5.92 Å². The van der Waals surface area contributed by atoms with E-state index in [0.717, 1.165) is 39.1 Å². The predicted molar refractivity (Wildman–Crippen MR) is 110 cm³/mol. The summed E-state index contributed by atoms with van der Waals surface area (Å²) in [6, 6.07) is 6.04. The molecular weight excluding hydrogens is 449 g/mol. The second-order valence-electron chi connectivity index (χ2n) is 7.81. The summed E-state index contributed by atoms with van der Waals surface area (Å²) >= 11 is 1.81. The molecule has 1 atom stereocenters. The Balaban J connectivity index is 0.000000360. The van der Waals surface area contributed by atoms with Crippen LogP contribution >= 0.6 is 11.3 Å². The first-order chi connectivity index (χ1) is 15.1. The molecule has 2 fully saturated rings. The van der Waals surface area contributed by atoms with Gasteiger partial charge < -0.3 is 15.2 Å². The summed E-state index contributed by atoms with van der Waals surface area (Å²) in [5, 5.41) is 16.3. The van der Waals surface area contributed by atoms with E-state index >= 15 is 0 Å². The number of carbonyl (C=O) groups is 2. The van der Waals surface area contributed by atoms with Crippen molar-refractivity contribution in [2.24, 2.45) is 13.0 Å². The molecule has 2 aliphatic heterocycles. The lowest BCUT2D eigenvalue weighted by molar-refractivity contribution is -0.192. The van der Waals surface area contributed by atoms with Gasteiger partial charge in [-0.3, -0.25) is 14.4 Å². The molecule has 0 aromatic carbocycles. The van der Waals surface area contributed by atoms with Crippen molar-refractivity contribution in [3.05, 3.63) is 40.3 Å². The van der Waals surface area contributed by atoms with E-state index in [1.165, 1.54) is 4.88 Å². The summed E-state index contributed by atoms with van der Waals surface area (Å²) in [5.41, 5.74) is 0.609. The highest BCUT2D eigenvalue weighted by atomic mass is 32.1. The number of ether oxygens (including phenoxy) is 1. The smallest absolute Gasteiger partial charge is 0.475 e. The Morgan fingerprint density at radius 3 is 2.66 bits per heavy atom. The number of thiophene rings is 1. The number of carboxylic acid groups (broad SMARTS) is 1. The molecule has 12 heteroatoms. The molecule has 0 aliphatic carbocycles. The number of aliphatic carboxylic acids is 1. The zero-order chi connectivity index (χ0) is 23.4. The van der Waals surface area contributed by atoms with Crippen molar-refractivity contribution < 1.29 is 32.6 Å². The average Bonchev–Trinajstić information content (AvgIpc) is 3.43. The molecule has 0 saturated carbocycles. The highest BCUT2D eigenvalue weighted by Gasteiger charge is 2.52. The molecule has 2 aliphatic rings. The van der Waals surface area contributed by atoms with Crippen LogP contribution in [0.1, 0.15) is 28.2 Å². The zero-order valence-corrected chi connectivity index (χ0v) is 18.3. The molecule has 2 aromatic rings. The second-order valence-corrected chi connectivity index (χ2v) is 8.84. The average molecular weight is 475 g/mol. The fourth-order valence-electron chi connectivity index (χ4n) is 4.03. The molecule has 8 nitrogen and oxygen atoms in total. The first-order valence-electron chi connectivity index (χ1n) is 10.1. The van der Waals surface area contributed by atoms with E-state index in [4.69, 9.17) is 14.6 Å². The summed E-state index contributed by atoms with van der Waals surface area (Å²) in [7, 11) is 1.78. The molecule has 0 radical (unpaired) electrons. The van der Waals surface area contributed by atoms with Crippen LogP contribution in [0.15, 0.2) is 29.8 Å². The largest absolute Gasteiger partial charge is 0.490 e. The number of hydrogen-bond donors (Lipinski definition) is 2. The van der Waals surface area contributed by atoms with E-state index in [1.54, 1.807) is 24.0 Å². The Morgan fingerprint density at radius 1 is 1.38 bits per heavy atom. The maximum Gasteiger partial charge on any atom is 0.490 e. The number of nitrogens with one attached hydrogen (secondary N) is 1. The lowest BCUT2D eigenvalue weighted by atomic mass is 9.79.